The molecule has 0 radical (unpaired) electrons. The summed E-state index contributed by atoms with van der Waals surface area (Å²) < 4.78 is 11.5. The second kappa shape index (κ2) is 11.1. The van der Waals surface area contributed by atoms with Crippen LogP contribution in [0.25, 0.3) is 0 Å². The molecular formula is C22H37N3O3. The zero-order chi connectivity index (χ0) is 20.5. The Kier molecular flexibility index (Phi) is 8.90. The molecule has 2 atom stereocenters. The fourth-order valence-electron chi connectivity index (χ4n) is 3.69. The van der Waals surface area contributed by atoms with Gasteiger partial charge >= 0.3 is 0 Å². The van der Waals surface area contributed by atoms with Crippen molar-refractivity contribution < 1.29 is 14.6 Å². The average Bonchev–Trinajstić information content (AvgIpc) is 3.01. The number of benzene rings is 1. The lowest BCUT2D eigenvalue weighted by molar-refractivity contribution is 0.243. The Balaban J connectivity index is 2.06. The number of hydrogen-bond acceptors (Lipinski definition) is 4. The molecule has 0 spiro atoms. The average molecular weight is 392 g/mol. The van der Waals surface area contributed by atoms with Crippen LogP contribution in [0.15, 0.2) is 17.1 Å². The predicted octanol–water partition coefficient (Wildman–Crippen LogP) is 3.12. The number of aliphatic imine (C=N–C) groups is 1. The summed E-state index contributed by atoms with van der Waals surface area (Å²) in [6, 6.07) is 4.13. The van der Waals surface area contributed by atoms with E-state index in [0.717, 1.165) is 55.4 Å². The summed E-state index contributed by atoms with van der Waals surface area (Å²) in [6.07, 6.45) is 3.02. The Morgan fingerprint density at radius 3 is 2.79 bits per heavy atom. The summed E-state index contributed by atoms with van der Waals surface area (Å²) in [6.45, 7) is 10.9. The summed E-state index contributed by atoms with van der Waals surface area (Å²) in [7, 11) is 1.70. The highest BCUT2D eigenvalue weighted by molar-refractivity contribution is 5.79. The first kappa shape index (κ1) is 22.3. The first-order chi connectivity index (χ1) is 13.5. The Morgan fingerprint density at radius 2 is 2.14 bits per heavy atom. The quantitative estimate of drug-likeness (QED) is 0.422. The van der Waals surface area contributed by atoms with Crippen molar-refractivity contribution in [2.24, 2.45) is 16.8 Å². The second-order valence-electron chi connectivity index (χ2n) is 7.99. The summed E-state index contributed by atoms with van der Waals surface area (Å²) in [5.41, 5.74) is 2.21. The van der Waals surface area contributed by atoms with Crippen LogP contribution in [-0.2, 0) is 13.0 Å². The molecule has 0 aromatic heterocycles. The van der Waals surface area contributed by atoms with Crippen LogP contribution >= 0.6 is 0 Å². The molecular weight excluding hydrogens is 354 g/mol. The number of fused-ring (bicyclic) bond motifs is 1. The molecule has 2 rings (SSSR count). The van der Waals surface area contributed by atoms with Crippen molar-refractivity contribution in [3.63, 3.8) is 0 Å². The van der Waals surface area contributed by atoms with Gasteiger partial charge in [-0.05, 0) is 50.7 Å². The molecule has 0 aliphatic carbocycles. The van der Waals surface area contributed by atoms with Crippen LogP contribution in [-0.4, -0.2) is 44.0 Å². The van der Waals surface area contributed by atoms with Crippen LogP contribution in [0.5, 0.6) is 11.5 Å². The molecule has 2 unspecified atom stereocenters. The zero-order valence-corrected chi connectivity index (χ0v) is 18.0. The number of rotatable bonds is 10. The third-order valence-electron chi connectivity index (χ3n) is 4.95. The van der Waals surface area contributed by atoms with E-state index in [2.05, 4.69) is 50.5 Å². The maximum atomic E-state index is 9.32. The number of methoxy groups -OCH3 is 1. The molecule has 3 N–H and O–H groups in total. The molecule has 1 aromatic rings. The van der Waals surface area contributed by atoms with Crippen LogP contribution < -0.4 is 20.1 Å². The van der Waals surface area contributed by atoms with Gasteiger partial charge in [-0.15, -0.1) is 0 Å². The Bertz CT molecular complexity index is 646. The summed E-state index contributed by atoms with van der Waals surface area (Å²) in [5.74, 6) is 3.62. The van der Waals surface area contributed by atoms with Gasteiger partial charge in [0, 0.05) is 37.2 Å². The topological polar surface area (TPSA) is 75.1 Å². The minimum Gasteiger partial charge on any atom is -0.496 e. The number of nitrogens with zero attached hydrogens (tertiary/aromatic N) is 1. The van der Waals surface area contributed by atoms with E-state index in [4.69, 9.17) is 14.5 Å². The van der Waals surface area contributed by atoms with Crippen molar-refractivity contribution in [1.82, 2.24) is 10.6 Å². The van der Waals surface area contributed by atoms with E-state index in [9.17, 15) is 5.11 Å². The van der Waals surface area contributed by atoms with Gasteiger partial charge in [-0.1, -0.05) is 13.8 Å². The van der Waals surface area contributed by atoms with Crippen LogP contribution in [0.1, 0.15) is 51.7 Å². The van der Waals surface area contributed by atoms with Crippen LogP contribution in [0.3, 0.4) is 0 Å². The minimum atomic E-state index is 0.210. The Labute approximate surface area is 169 Å². The van der Waals surface area contributed by atoms with Crippen LogP contribution in [0, 0.1) is 11.8 Å². The largest absolute Gasteiger partial charge is 0.496 e. The van der Waals surface area contributed by atoms with E-state index in [1.807, 2.05) is 0 Å². The molecule has 6 heteroatoms. The van der Waals surface area contributed by atoms with Gasteiger partial charge < -0.3 is 25.2 Å². The first-order valence-electron chi connectivity index (χ1n) is 10.5. The third-order valence-corrected chi connectivity index (χ3v) is 4.95. The molecule has 0 amide bonds. The molecule has 0 saturated carbocycles. The summed E-state index contributed by atoms with van der Waals surface area (Å²) in [4.78, 5) is 4.74. The van der Waals surface area contributed by atoms with Gasteiger partial charge in [-0.2, -0.15) is 0 Å². The highest BCUT2D eigenvalue weighted by Crippen LogP contribution is 2.35. The number of aliphatic hydroxyl groups is 1. The number of guanidine groups is 1. The number of nitrogens with one attached hydrogen (secondary N) is 2. The van der Waals surface area contributed by atoms with Crippen molar-refractivity contribution in [3.05, 3.63) is 23.3 Å². The first-order valence-corrected chi connectivity index (χ1v) is 10.5. The highest BCUT2D eigenvalue weighted by Gasteiger charge is 2.21. The van der Waals surface area contributed by atoms with Crippen LogP contribution in [0.2, 0.25) is 0 Å². The molecule has 1 aromatic carbocycles. The molecule has 1 heterocycles. The Morgan fingerprint density at radius 1 is 1.36 bits per heavy atom. The normalized spacial score (nSPS) is 17.2. The SMILES string of the molecule is CCNC(=NCc1cc2c(cc1OC)CC(C)O2)NCC(CCO)CC(C)C. The van der Waals surface area contributed by atoms with Gasteiger partial charge in [-0.25, -0.2) is 4.99 Å². The van der Waals surface area contributed by atoms with Crippen molar-refractivity contribution in [3.8, 4) is 11.5 Å². The van der Waals surface area contributed by atoms with Gasteiger partial charge in [0.25, 0.3) is 0 Å². The van der Waals surface area contributed by atoms with E-state index in [1.165, 1.54) is 5.56 Å². The standard InChI is InChI=1S/C22H37N3O3/c1-6-23-22(24-13-17(7-8-26)9-15(2)3)25-14-19-12-21-18(10-16(4)28-21)11-20(19)27-5/h11-12,15-17,26H,6-10,13-14H2,1-5H3,(H2,23,24,25). The monoisotopic (exact) mass is 391 g/mol. The zero-order valence-electron chi connectivity index (χ0n) is 18.0. The molecule has 28 heavy (non-hydrogen) atoms. The molecule has 0 saturated heterocycles. The number of hydrogen-bond donors (Lipinski definition) is 3. The lowest BCUT2D eigenvalue weighted by atomic mass is 9.94. The molecule has 1 aliphatic rings. The third kappa shape index (κ3) is 6.59. The van der Waals surface area contributed by atoms with Gasteiger partial charge in [0.15, 0.2) is 5.96 Å². The van der Waals surface area contributed by atoms with Gasteiger partial charge in [0.05, 0.1) is 13.7 Å². The summed E-state index contributed by atoms with van der Waals surface area (Å²) in [5, 5.41) is 16.1. The van der Waals surface area contributed by atoms with Crippen molar-refractivity contribution >= 4 is 5.96 Å². The number of aliphatic hydroxyl groups excluding tert-OH is 1. The maximum Gasteiger partial charge on any atom is 0.191 e. The predicted molar refractivity (Wildman–Crippen MR) is 114 cm³/mol. The van der Waals surface area contributed by atoms with E-state index in [0.29, 0.717) is 18.4 Å². The summed E-state index contributed by atoms with van der Waals surface area (Å²) >= 11 is 0. The highest BCUT2D eigenvalue weighted by atomic mass is 16.5. The molecule has 1 aliphatic heterocycles. The minimum absolute atomic E-state index is 0.210. The van der Waals surface area contributed by atoms with Crippen molar-refractivity contribution in [2.45, 2.75) is 59.6 Å². The molecule has 0 fully saturated rings. The lowest BCUT2D eigenvalue weighted by Gasteiger charge is -2.20. The van der Waals surface area contributed by atoms with Gasteiger partial charge in [-0.3, -0.25) is 0 Å². The second-order valence-corrected chi connectivity index (χ2v) is 7.99. The van der Waals surface area contributed by atoms with Crippen molar-refractivity contribution in [1.29, 1.82) is 0 Å². The number of ether oxygens (including phenoxy) is 2. The van der Waals surface area contributed by atoms with Gasteiger partial charge in [0.1, 0.15) is 17.6 Å². The van der Waals surface area contributed by atoms with E-state index in [-0.39, 0.29) is 12.7 Å². The lowest BCUT2D eigenvalue weighted by Crippen LogP contribution is -2.40. The maximum absolute atomic E-state index is 9.32. The molecule has 6 nitrogen and oxygen atoms in total. The van der Waals surface area contributed by atoms with E-state index >= 15 is 0 Å². The van der Waals surface area contributed by atoms with Crippen molar-refractivity contribution in [2.75, 3.05) is 26.8 Å². The fraction of sp³-hybridized carbons (Fsp3) is 0.682. The molecule has 0 bridgehead atoms. The van der Waals surface area contributed by atoms with E-state index in [1.54, 1.807) is 7.11 Å². The van der Waals surface area contributed by atoms with Crippen LogP contribution in [0.4, 0.5) is 0 Å². The van der Waals surface area contributed by atoms with E-state index < -0.39 is 0 Å². The molecule has 158 valence electrons. The smallest absolute Gasteiger partial charge is 0.191 e. The fourth-order valence-corrected chi connectivity index (χ4v) is 3.69. The van der Waals surface area contributed by atoms with Gasteiger partial charge in [0.2, 0.25) is 0 Å². The Hall–Kier alpha value is -1.95.